The van der Waals surface area contributed by atoms with Crippen molar-refractivity contribution in [2.75, 3.05) is 11.9 Å². The Bertz CT molecular complexity index is 402. The quantitative estimate of drug-likeness (QED) is 0.804. The molecule has 3 heteroatoms. The molecule has 3 rings (SSSR count). The van der Waals surface area contributed by atoms with E-state index in [0.29, 0.717) is 18.0 Å². The second-order valence-corrected chi connectivity index (χ2v) is 4.85. The summed E-state index contributed by atoms with van der Waals surface area (Å²) in [5, 5.41) is 3.24. The van der Waals surface area contributed by atoms with Gasteiger partial charge in [0, 0.05) is 11.6 Å². The van der Waals surface area contributed by atoms with E-state index in [2.05, 4.69) is 10.3 Å². The van der Waals surface area contributed by atoms with Crippen molar-refractivity contribution in [3.05, 3.63) is 30.3 Å². The summed E-state index contributed by atoms with van der Waals surface area (Å²) in [4.78, 5) is 4.68. The first-order valence-corrected chi connectivity index (χ1v) is 6.44. The molecule has 1 fully saturated rings. The fourth-order valence-electron chi connectivity index (χ4n) is 2.64. The summed E-state index contributed by atoms with van der Waals surface area (Å²) in [5.74, 6) is 0.644. The molecule has 0 radical (unpaired) electrons. The van der Waals surface area contributed by atoms with Crippen molar-refractivity contribution in [2.24, 2.45) is 10.9 Å². The van der Waals surface area contributed by atoms with Crippen molar-refractivity contribution in [1.82, 2.24) is 0 Å². The maximum absolute atomic E-state index is 5.69. The number of nitrogens with one attached hydrogen (secondary N) is 1. The van der Waals surface area contributed by atoms with Gasteiger partial charge in [-0.25, -0.2) is 4.99 Å². The normalized spacial score (nSPS) is 27.6. The van der Waals surface area contributed by atoms with Crippen LogP contribution in [0.2, 0.25) is 0 Å². The molecule has 3 nitrogen and oxygen atoms in total. The lowest BCUT2D eigenvalue weighted by Crippen LogP contribution is -2.36. The topological polar surface area (TPSA) is 33.6 Å². The van der Waals surface area contributed by atoms with E-state index >= 15 is 0 Å². The molecule has 0 aromatic heterocycles. The molecule has 0 unspecified atom stereocenters. The predicted molar refractivity (Wildman–Crippen MR) is 69.2 cm³/mol. The van der Waals surface area contributed by atoms with Crippen LogP contribution in [0.5, 0.6) is 0 Å². The number of ether oxygens (including phenoxy) is 1. The monoisotopic (exact) mass is 230 g/mol. The van der Waals surface area contributed by atoms with E-state index in [-0.39, 0.29) is 0 Å². The van der Waals surface area contributed by atoms with Crippen LogP contribution in [0.3, 0.4) is 0 Å². The van der Waals surface area contributed by atoms with Gasteiger partial charge in [-0.3, -0.25) is 0 Å². The van der Waals surface area contributed by atoms with Crippen LogP contribution >= 0.6 is 0 Å². The highest BCUT2D eigenvalue weighted by molar-refractivity contribution is 5.89. The fourth-order valence-corrected chi connectivity index (χ4v) is 2.64. The Morgan fingerprint density at radius 1 is 1.12 bits per heavy atom. The van der Waals surface area contributed by atoms with Gasteiger partial charge in [0.1, 0.15) is 0 Å². The van der Waals surface area contributed by atoms with E-state index in [0.717, 1.165) is 12.3 Å². The Morgan fingerprint density at radius 3 is 2.82 bits per heavy atom. The molecule has 1 aliphatic heterocycles. The minimum atomic E-state index is 0.476. The van der Waals surface area contributed by atoms with E-state index in [1.165, 1.54) is 25.7 Å². The highest BCUT2D eigenvalue weighted by Crippen LogP contribution is 2.29. The lowest BCUT2D eigenvalue weighted by atomic mass is 9.85. The van der Waals surface area contributed by atoms with Gasteiger partial charge in [0.05, 0.1) is 12.6 Å². The first-order valence-electron chi connectivity index (χ1n) is 6.44. The molecule has 2 aliphatic rings. The average Bonchev–Trinajstić information content (AvgIpc) is 2.40. The number of amidine groups is 1. The van der Waals surface area contributed by atoms with Gasteiger partial charge in [0.25, 0.3) is 6.02 Å². The SMILES string of the molecule is c1ccc(NC2=N[C@@H]3CCCC[C@@H]3CO2)cc1. The fraction of sp³-hybridized carbons (Fsp3) is 0.500. The van der Waals surface area contributed by atoms with E-state index in [1.807, 2.05) is 30.3 Å². The van der Waals surface area contributed by atoms with Gasteiger partial charge in [-0.15, -0.1) is 0 Å². The minimum Gasteiger partial charge on any atom is -0.465 e. The molecule has 2 atom stereocenters. The van der Waals surface area contributed by atoms with Crippen LogP contribution in [0.1, 0.15) is 25.7 Å². The molecule has 1 aromatic carbocycles. The molecule has 0 spiro atoms. The van der Waals surface area contributed by atoms with Gasteiger partial charge in [-0.1, -0.05) is 31.0 Å². The first kappa shape index (κ1) is 10.6. The summed E-state index contributed by atoms with van der Waals surface area (Å²) < 4.78 is 5.69. The Balaban J connectivity index is 1.70. The maximum Gasteiger partial charge on any atom is 0.289 e. The van der Waals surface area contributed by atoms with Crippen LogP contribution in [0.4, 0.5) is 5.69 Å². The number of anilines is 1. The number of hydrogen-bond acceptors (Lipinski definition) is 3. The van der Waals surface area contributed by atoms with Crippen LogP contribution in [-0.2, 0) is 4.74 Å². The van der Waals surface area contributed by atoms with Crippen molar-refractivity contribution in [1.29, 1.82) is 0 Å². The van der Waals surface area contributed by atoms with Crippen LogP contribution < -0.4 is 5.32 Å². The molecule has 1 heterocycles. The first-order chi connectivity index (χ1) is 8.42. The number of benzene rings is 1. The van der Waals surface area contributed by atoms with Gasteiger partial charge in [-0.05, 0) is 25.0 Å². The van der Waals surface area contributed by atoms with Crippen molar-refractivity contribution >= 4 is 11.7 Å². The van der Waals surface area contributed by atoms with Gasteiger partial charge in [0.2, 0.25) is 0 Å². The highest BCUT2D eigenvalue weighted by atomic mass is 16.5. The third-order valence-corrected chi connectivity index (χ3v) is 3.61. The number of para-hydroxylation sites is 1. The molecular formula is C14H18N2O. The Morgan fingerprint density at radius 2 is 1.94 bits per heavy atom. The third-order valence-electron chi connectivity index (χ3n) is 3.61. The summed E-state index contributed by atoms with van der Waals surface area (Å²) in [5.41, 5.74) is 1.04. The molecule has 0 amide bonds. The average molecular weight is 230 g/mol. The van der Waals surface area contributed by atoms with Gasteiger partial charge >= 0.3 is 0 Å². The van der Waals surface area contributed by atoms with E-state index in [1.54, 1.807) is 0 Å². The maximum atomic E-state index is 5.69. The van der Waals surface area contributed by atoms with Gasteiger partial charge < -0.3 is 10.1 Å². The largest absolute Gasteiger partial charge is 0.465 e. The molecule has 90 valence electrons. The smallest absolute Gasteiger partial charge is 0.289 e. The zero-order valence-corrected chi connectivity index (χ0v) is 9.93. The summed E-state index contributed by atoms with van der Waals surface area (Å²) in [6, 6.07) is 11.2. The molecular weight excluding hydrogens is 212 g/mol. The van der Waals surface area contributed by atoms with Crippen molar-refractivity contribution in [3.8, 4) is 0 Å². The summed E-state index contributed by atoms with van der Waals surface area (Å²) >= 11 is 0. The van der Waals surface area contributed by atoms with Crippen LogP contribution in [0.15, 0.2) is 35.3 Å². The van der Waals surface area contributed by atoms with Gasteiger partial charge in [0.15, 0.2) is 0 Å². The number of fused-ring (bicyclic) bond motifs is 1. The zero-order chi connectivity index (χ0) is 11.5. The van der Waals surface area contributed by atoms with Crippen molar-refractivity contribution in [3.63, 3.8) is 0 Å². The van der Waals surface area contributed by atoms with Crippen molar-refractivity contribution in [2.45, 2.75) is 31.7 Å². The predicted octanol–water partition coefficient (Wildman–Crippen LogP) is 3.04. The molecule has 1 saturated carbocycles. The molecule has 0 bridgehead atoms. The van der Waals surface area contributed by atoms with E-state index < -0.39 is 0 Å². The Labute approximate surface area is 102 Å². The van der Waals surface area contributed by atoms with Gasteiger partial charge in [-0.2, -0.15) is 0 Å². The molecule has 17 heavy (non-hydrogen) atoms. The van der Waals surface area contributed by atoms with Crippen LogP contribution in [0, 0.1) is 5.92 Å². The zero-order valence-electron chi connectivity index (χ0n) is 9.93. The molecule has 1 aromatic rings. The second-order valence-electron chi connectivity index (χ2n) is 4.85. The highest BCUT2D eigenvalue weighted by Gasteiger charge is 2.29. The lowest BCUT2D eigenvalue weighted by molar-refractivity contribution is 0.154. The Hall–Kier alpha value is -1.51. The number of rotatable bonds is 1. The van der Waals surface area contributed by atoms with E-state index in [4.69, 9.17) is 4.74 Å². The lowest BCUT2D eigenvalue weighted by Gasteiger charge is -2.33. The molecule has 0 saturated heterocycles. The molecule has 1 N–H and O–H groups in total. The number of nitrogens with zero attached hydrogens (tertiary/aromatic N) is 1. The minimum absolute atomic E-state index is 0.476. The van der Waals surface area contributed by atoms with Crippen molar-refractivity contribution < 1.29 is 4.74 Å². The Kier molecular flexibility index (Phi) is 2.99. The number of hydrogen-bond donors (Lipinski definition) is 1. The van der Waals surface area contributed by atoms with Crippen LogP contribution in [-0.4, -0.2) is 18.7 Å². The summed E-state index contributed by atoms with van der Waals surface area (Å²) in [6.07, 6.45) is 5.13. The summed E-state index contributed by atoms with van der Waals surface area (Å²) in [6.45, 7) is 0.823. The van der Waals surface area contributed by atoms with E-state index in [9.17, 15) is 0 Å². The standard InChI is InChI=1S/C14H18N2O/c1-2-7-12(8-3-1)15-14-16-13-9-5-4-6-11(13)10-17-14/h1-3,7-8,11,13H,4-6,9-10H2,(H,15,16)/t11-,13-/m1/s1. The second kappa shape index (κ2) is 4.78. The third kappa shape index (κ3) is 2.43. The molecule has 1 aliphatic carbocycles. The van der Waals surface area contributed by atoms with Crippen LogP contribution in [0.25, 0.3) is 0 Å². The number of aliphatic imine (C=N–C) groups is 1. The summed E-state index contributed by atoms with van der Waals surface area (Å²) in [7, 11) is 0.